The van der Waals surface area contributed by atoms with Crippen molar-refractivity contribution < 1.29 is 19.1 Å². The quantitative estimate of drug-likeness (QED) is 0.509. The van der Waals surface area contributed by atoms with Crippen LogP contribution in [-0.4, -0.2) is 79.1 Å². The van der Waals surface area contributed by atoms with Gasteiger partial charge in [0.1, 0.15) is 0 Å². The van der Waals surface area contributed by atoms with E-state index >= 15 is 0 Å². The second-order valence-electron chi connectivity index (χ2n) is 10.3. The second-order valence-corrected chi connectivity index (χ2v) is 10.3. The number of benzene rings is 2. The number of urea groups is 2. The lowest BCUT2D eigenvalue weighted by atomic mass is 9.92. The first kappa shape index (κ1) is 28.2. The van der Waals surface area contributed by atoms with Gasteiger partial charge in [0, 0.05) is 51.2 Å². The van der Waals surface area contributed by atoms with Crippen LogP contribution in [0.25, 0.3) is 0 Å². The molecule has 0 radical (unpaired) electrons. The first-order valence-corrected chi connectivity index (χ1v) is 13.7. The summed E-state index contributed by atoms with van der Waals surface area (Å²) in [4.78, 5) is 44.7. The van der Waals surface area contributed by atoms with Crippen molar-refractivity contribution in [3.8, 4) is 0 Å². The van der Waals surface area contributed by atoms with E-state index in [4.69, 9.17) is 4.74 Å². The van der Waals surface area contributed by atoms with Gasteiger partial charge in [-0.3, -0.25) is 9.80 Å². The Hall–Kier alpha value is -3.85. The monoisotopic (exact) mass is 533 g/mol. The highest BCUT2D eigenvalue weighted by Gasteiger charge is 2.37. The van der Waals surface area contributed by atoms with Crippen molar-refractivity contribution in [2.24, 2.45) is 0 Å². The Morgan fingerprint density at radius 2 is 1.74 bits per heavy atom. The minimum absolute atomic E-state index is 0.131. The van der Waals surface area contributed by atoms with Crippen LogP contribution >= 0.6 is 0 Å². The fourth-order valence-corrected chi connectivity index (χ4v) is 4.99. The molecule has 0 bridgehead atoms. The van der Waals surface area contributed by atoms with Crippen molar-refractivity contribution >= 4 is 23.7 Å². The molecule has 39 heavy (non-hydrogen) atoms. The number of hydrogen-bond acceptors (Lipinski definition) is 5. The number of esters is 1. The molecule has 2 N–H and O–H groups in total. The summed E-state index contributed by atoms with van der Waals surface area (Å²) in [6, 6.07) is 16.4. The molecule has 0 saturated carbocycles. The minimum Gasteiger partial charge on any atom is -0.463 e. The zero-order valence-electron chi connectivity index (χ0n) is 23.3. The van der Waals surface area contributed by atoms with E-state index < -0.39 is 12.0 Å². The minimum atomic E-state index is -0.607. The van der Waals surface area contributed by atoms with Crippen LogP contribution in [0.2, 0.25) is 0 Å². The number of nitrogens with one attached hydrogen (secondary N) is 2. The van der Waals surface area contributed by atoms with Crippen LogP contribution in [0, 0.1) is 0 Å². The van der Waals surface area contributed by atoms with Crippen LogP contribution in [0.3, 0.4) is 0 Å². The summed E-state index contributed by atoms with van der Waals surface area (Å²) in [5.41, 5.74) is 3.85. The van der Waals surface area contributed by atoms with E-state index in [0.29, 0.717) is 43.4 Å². The smallest absolute Gasteiger partial charge is 0.338 e. The number of hydrogen-bond donors (Lipinski definition) is 2. The predicted molar refractivity (Wildman–Crippen MR) is 151 cm³/mol. The third-order valence-corrected chi connectivity index (χ3v) is 7.28. The molecule has 0 unspecified atom stereocenters. The lowest BCUT2D eigenvalue weighted by Gasteiger charge is -2.36. The van der Waals surface area contributed by atoms with E-state index in [1.807, 2.05) is 59.5 Å². The molecule has 2 aliphatic rings. The van der Waals surface area contributed by atoms with Crippen LogP contribution in [-0.2, 0) is 9.53 Å². The van der Waals surface area contributed by atoms with E-state index in [1.165, 1.54) is 10.5 Å². The lowest BCUT2D eigenvalue weighted by Crippen LogP contribution is -2.49. The van der Waals surface area contributed by atoms with Crippen molar-refractivity contribution in [3.63, 3.8) is 0 Å². The summed E-state index contributed by atoms with van der Waals surface area (Å²) in [5, 5.41) is 5.95. The molecule has 9 nitrogen and oxygen atoms in total. The topological polar surface area (TPSA) is 94.2 Å². The highest BCUT2D eigenvalue weighted by molar-refractivity contribution is 5.95. The number of ether oxygens (including phenoxy) is 1. The molecule has 1 saturated heterocycles. The summed E-state index contributed by atoms with van der Waals surface area (Å²) < 4.78 is 5.47. The molecular formula is C30H39N5O4. The zero-order valence-corrected chi connectivity index (χ0v) is 23.3. The molecule has 9 heteroatoms. The Kier molecular flexibility index (Phi) is 9.24. The Morgan fingerprint density at radius 3 is 2.41 bits per heavy atom. The van der Waals surface area contributed by atoms with E-state index in [2.05, 4.69) is 29.4 Å². The molecule has 208 valence electrons. The molecule has 0 aliphatic carbocycles. The Morgan fingerprint density at radius 1 is 1.03 bits per heavy atom. The molecule has 4 amide bonds. The van der Waals surface area contributed by atoms with Gasteiger partial charge in [-0.25, -0.2) is 14.4 Å². The normalized spacial score (nSPS) is 18.6. The summed E-state index contributed by atoms with van der Waals surface area (Å²) >= 11 is 0. The van der Waals surface area contributed by atoms with Crippen LogP contribution in [0.5, 0.6) is 0 Å². The number of carbonyl (C=O) groups excluding carboxylic acids is 3. The molecule has 2 aromatic carbocycles. The van der Waals surface area contributed by atoms with Gasteiger partial charge in [0.2, 0.25) is 0 Å². The van der Waals surface area contributed by atoms with Gasteiger partial charge in [-0.2, -0.15) is 0 Å². The molecule has 2 aromatic rings. The number of likely N-dealkylation sites (N-methyl/N-ethyl adjacent to an activating group) is 1. The van der Waals surface area contributed by atoms with Gasteiger partial charge in [-0.15, -0.1) is 0 Å². The number of anilines is 1. The van der Waals surface area contributed by atoms with E-state index in [0.717, 1.165) is 24.2 Å². The number of carbonyl (C=O) groups is 3. The maximum atomic E-state index is 13.3. The molecule has 0 aromatic heterocycles. The Bertz CT molecular complexity index is 1200. The van der Waals surface area contributed by atoms with Gasteiger partial charge >= 0.3 is 18.0 Å². The SMILES string of the molecule is CCOC(=O)C1=C(CN2CCCN(C(=O)Nc3ccccc3)CC2)N(C)C(=O)N[C@H]1c1ccc(C(C)C)cc1. The molecule has 4 rings (SSSR count). The average Bonchev–Trinajstić information content (AvgIpc) is 3.17. The van der Waals surface area contributed by atoms with E-state index in [-0.39, 0.29) is 18.7 Å². The fourth-order valence-electron chi connectivity index (χ4n) is 4.99. The van der Waals surface area contributed by atoms with Crippen LogP contribution in [0.4, 0.5) is 15.3 Å². The molecular weight excluding hydrogens is 494 g/mol. The molecule has 2 aliphatic heterocycles. The standard InChI is InChI=1S/C30H39N5O4/c1-5-39-28(36)26-25(33(4)29(37)32-27(26)23-14-12-22(13-15-23)21(2)3)20-34-16-9-17-35(19-18-34)30(38)31-24-10-7-6-8-11-24/h6-8,10-15,21,27H,5,9,16-20H2,1-4H3,(H,31,38)(H,32,37)/t27-/m0/s1. The van der Waals surface area contributed by atoms with E-state index in [1.54, 1.807) is 14.0 Å². The number of rotatable bonds is 7. The van der Waals surface area contributed by atoms with Crippen molar-refractivity contribution in [2.45, 2.75) is 39.2 Å². The van der Waals surface area contributed by atoms with Gasteiger partial charge in [0.25, 0.3) is 0 Å². The van der Waals surface area contributed by atoms with Gasteiger partial charge < -0.3 is 20.3 Å². The summed E-state index contributed by atoms with van der Waals surface area (Å²) in [6.45, 7) is 9.18. The number of amides is 4. The molecule has 2 heterocycles. The predicted octanol–water partition coefficient (Wildman–Crippen LogP) is 4.56. The highest BCUT2D eigenvalue weighted by atomic mass is 16.5. The fraction of sp³-hybridized carbons (Fsp3) is 0.433. The lowest BCUT2D eigenvalue weighted by molar-refractivity contribution is -0.139. The van der Waals surface area contributed by atoms with Gasteiger partial charge in [0.15, 0.2) is 0 Å². The average molecular weight is 534 g/mol. The Balaban J connectivity index is 1.56. The second kappa shape index (κ2) is 12.8. The third kappa shape index (κ3) is 6.78. The third-order valence-electron chi connectivity index (χ3n) is 7.28. The number of nitrogens with zero attached hydrogens (tertiary/aromatic N) is 3. The van der Waals surface area contributed by atoms with Crippen LogP contribution in [0.1, 0.15) is 50.3 Å². The van der Waals surface area contributed by atoms with Crippen LogP contribution in [0.15, 0.2) is 65.9 Å². The maximum absolute atomic E-state index is 13.3. The van der Waals surface area contributed by atoms with Gasteiger partial charge in [-0.05, 0) is 42.5 Å². The number of para-hydroxylation sites is 1. The highest BCUT2D eigenvalue weighted by Crippen LogP contribution is 2.32. The Labute approximate surface area is 230 Å². The molecule has 1 fully saturated rings. The molecule has 1 atom stereocenters. The summed E-state index contributed by atoms with van der Waals surface area (Å²) in [5.74, 6) is -0.0601. The van der Waals surface area contributed by atoms with Crippen LogP contribution < -0.4 is 10.6 Å². The first-order chi connectivity index (χ1) is 18.8. The van der Waals surface area contributed by atoms with E-state index in [9.17, 15) is 14.4 Å². The maximum Gasteiger partial charge on any atom is 0.338 e. The van der Waals surface area contributed by atoms with Crippen molar-refractivity contribution in [1.82, 2.24) is 20.0 Å². The van der Waals surface area contributed by atoms with Crippen molar-refractivity contribution in [3.05, 3.63) is 77.0 Å². The van der Waals surface area contributed by atoms with Gasteiger partial charge in [-0.1, -0.05) is 56.3 Å². The zero-order chi connectivity index (χ0) is 27.9. The largest absolute Gasteiger partial charge is 0.463 e. The first-order valence-electron chi connectivity index (χ1n) is 13.7. The van der Waals surface area contributed by atoms with Crippen molar-refractivity contribution in [1.29, 1.82) is 0 Å². The van der Waals surface area contributed by atoms with Crippen molar-refractivity contribution in [2.75, 3.05) is 51.7 Å². The summed E-state index contributed by atoms with van der Waals surface area (Å²) in [7, 11) is 1.68. The van der Waals surface area contributed by atoms with Gasteiger partial charge in [0.05, 0.1) is 18.2 Å². The molecule has 0 spiro atoms. The summed E-state index contributed by atoms with van der Waals surface area (Å²) in [6.07, 6.45) is 0.778.